The Morgan fingerprint density at radius 3 is 2.28 bits per heavy atom. The molecule has 268 valence electrons. The van der Waals surface area contributed by atoms with Crippen LogP contribution in [-0.2, 0) is 24.6 Å². The number of hydrazine groups is 1. The first kappa shape index (κ1) is 33.8. The van der Waals surface area contributed by atoms with Gasteiger partial charge in [-0.05, 0) is 66.4 Å². The number of allylic oxidation sites excluding steroid dienone is 2. The molecule has 10 nitrogen and oxygen atoms in total. The molecule has 6 atom stereocenters. The number of imide groups is 2. The highest BCUT2D eigenvalue weighted by atomic mass is 16.4. The minimum Gasteiger partial charge on any atom is -0.507 e. The van der Waals surface area contributed by atoms with Gasteiger partial charge in [0.15, 0.2) is 0 Å². The number of carbonyl (C=O) groups excluding carboxylic acids is 4. The van der Waals surface area contributed by atoms with E-state index in [2.05, 4.69) is 5.43 Å². The summed E-state index contributed by atoms with van der Waals surface area (Å²) in [6.45, 7) is 1.95. The Kier molecular flexibility index (Phi) is 7.84. The topological polar surface area (TPSA) is 147 Å². The van der Waals surface area contributed by atoms with Crippen molar-refractivity contribution in [3.8, 4) is 5.75 Å². The van der Waals surface area contributed by atoms with Crippen molar-refractivity contribution < 1.29 is 34.3 Å². The molecule has 2 saturated heterocycles. The smallest absolute Gasteiger partial charge is 0.488 e. The first-order chi connectivity index (χ1) is 26.1. The number of nitrogens with one attached hydrogen (secondary N) is 1. The number of anilines is 2. The van der Waals surface area contributed by atoms with Gasteiger partial charge in [-0.3, -0.25) is 29.5 Å². The number of fused-ring (bicyclic) bond motifs is 5. The van der Waals surface area contributed by atoms with Crippen LogP contribution in [0.3, 0.4) is 0 Å². The molecular formula is C43H36BN3O7. The van der Waals surface area contributed by atoms with Gasteiger partial charge in [0, 0.05) is 16.9 Å². The van der Waals surface area contributed by atoms with Crippen LogP contribution in [0.4, 0.5) is 11.4 Å². The summed E-state index contributed by atoms with van der Waals surface area (Å²) in [7, 11) is -1.80. The Bertz CT molecular complexity index is 2420. The van der Waals surface area contributed by atoms with Crippen LogP contribution in [0.1, 0.15) is 35.4 Å². The number of carbonyl (C=O) groups is 4. The summed E-state index contributed by atoms with van der Waals surface area (Å²) in [5, 5.41) is 34.4. The van der Waals surface area contributed by atoms with Gasteiger partial charge in [-0.2, -0.15) is 5.01 Å². The average molecular weight is 718 g/mol. The lowest BCUT2D eigenvalue weighted by atomic mass is 9.49. The van der Waals surface area contributed by atoms with E-state index in [-0.39, 0.29) is 29.7 Å². The van der Waals surface area contributed by atoms with Crippen molar-refractivity contribution in [2.24, 2.45) is 23.7 Å². The number of hydrogen-bond donors (Lipinski definition) is 4. The second kappa shape index (κ2) is 12.5. The third-order valence-corrected chi connectivity index (χ3v) is 12.1. The van der Waals surface area contributed by atoms with Crippen molar-refractivity contribution >= 4 is 58.4 Å². The van der Waals surface area contributed by atoms with E-state index in [1.807, 2.05) is 91.9 Å². The van der Waals surface area contributed by atoms with Crippen LogP contribution in [0, 0.1) is 30.6 Å². The summed E-state index contributed by atoms with van der Waals surface area (Å²) in [6.07, 6.45) is 2.25. The van der Waals surface area contributed by atoms with Crippen LogP contribution >= 0.6 is 0 Å². The van der Waals surface area contributed by atoms with Gasteiger partial charge >= 0.3 is 7.12 Å². The molecule has 0 bridgehead atoms. The molecule has 0 spiro atoms. The molecule has 2 aliphatic heterocycles. The zero-order valence-corrected chi connectivity index (χ0v) is 29.3. The molecule has 54 heavy (non-hydrogen) atoms. The number of benzene rings is 5. The van der Waals surface area contributed by atoms with Gasteiger partial charge in [-0.25, -0.2) is 0 Å². The molecule has 4 aliphatic rings. The van der Waals surface area contributed by atoms with Crippen LogP contribution in [-0.4, -0.2) is 50.9 Å². The number of rotatable bonds is 6. The molecule has 0 aromatic heterocycles. The van der Waals surface area contributed by atoms with Gasteiger partial charge in [0.05, 0.1) is 34.5 Å². The predicted molar refractivity (Wildman–Crippen MR) is 203 cm³/mol. The van der Waals surface area contributed by atoms with Crippen molar-refractivity contribution in [3.63, 3.8) is 0 Å². The number of aromatic hydroxyl groups is 1. The maximum atomic E-state index is 15.4. The molecule has 11 heteroatoms. The van der Waals surface area contributed by atoms with E-state index in [4.69, 9.17) is 0 Å². The largest absolute Gasteiger partial charge is 0.507 e. The van der Waals surface area contributed by atoms with Crippen LogP contribution < -0.4 is 15.8 Å². The average Bonchev–Trinajstić information content (AvgIpc) is 3.57. The Morgan fingerprint density at radius 2 is 1.52 bits per heavy atom. The van der Waals surface area contributed by atoms with Crippen molar-refractivity contribution in [1.82, 2.24) is 5.01 Å². The SMILES string of the molecule is Cc1ccc(NN2C(=O)C3CC4C(=CCC5C(=O)N(c6cccc(B(O)O)c6)C(=O)C54)C(c4ccc5ccccc5c4O)C3(c3ccccc3)C2=O)cc1. The van der Waals surface area contributed by atoms with Crippen molar-refractivity contribution in [2.45, 2.75) is 31.1 Å². The lowest BCUT2D eigenvalue weighted by Gasteiger charge is -2.50. The zero-order valence-electron chi connectivity index (χ0n) is 29.3. The summed E-state index contributed by atoms with van der Waals surface area (Å²) in [5.74, 6) is -5.92. The second-order valence-corrected chi connectivity index (χ2v) is 14.8. The van der Waals surface area contributed by atoms with E-state index in [9.17, 15) is 29.5 Å². The Hall–Kier alpha value is -6.04. The predicted octanol–water partition coefficient (Wildman–Crippen LogP) is 4.72. The minimum absolute atomic E-state index is 0.0177. The Labute approximate surface area is 311 Å². The zero-order chi connectivity index (χ0) is 37.5. The molecule has 3 fully saturated rings. The van der Waals surface area contributed by atoms with Crippen LogP contribution in [0.25, 0.3) is 10.8 Å². The van der Waals surface area contributed by atoms with Gasteiger partial charge in [0.25, 0.3) is 11.8 Å². The highest BCUT2D eigenvalue weighted by Crippen LogP contribution is 2.65. The first-order valence-corrected chi connectivity index (χ1v) is 18.1. The highest BCUT2D eigenvalue weighted by Gasteiger charge is 2.70. The molecule has 6 unspecified atom stereocenters. The monoisotopic (exact) mass is 717 g/mol. The highest BCUT2D eigenvalue weighted by molar-refractivity contribution is 6.58. The van der Waals surface area contributed by atoms with E-state index in [1.54, 1.807) is 24.3 Å². The van der Waals surface area contributed by atoms with Gasteiger partial charge < -0.3 is 15.2 Å². The summed E-state index contributed by atoms with van der Waals surface area (Å²) < 4.78 is 0. The minimum atomic E-state index is -1.80. The van der Waals surface area contributed by atoms with Gasteiger partial charge in [-0.1, -0.05) is 108 Å². The van der Waals surface area contributed by atoms with E-state index >= 15 is 4.79 Å². The third-order valence-electron chi connectivity index (χ3n) is 12.1. The maximum Gasteiger partial charge on any atom is 0.488 e. The van der Waals surface area contributed by atoms with E-state index in [0.29, 0.717) is 22.2 Å². The molecule has 0 radical (unpaired) electrons. The number of aryl methyl sites for hydroxylation is 1. The lowest BCUT2D eigenvalue weighted by Crippen LogP contribution is -2.53. The fourth-order valence-corrected chi connectivity index (χ4v) is 9.68. The number of phenols is 1. The Balaban J connectivity index is 1.25. The molecule has 4 N–H and O–H groups in total. The summed E-state index contributed by atoms with van der Waals surface area (Å²) >= 11 is 0. The molecule has 2 aliphatic carbocycles. The van der Waals surface area contributed by atoms with Crippen molar-refractivity contribution in [2.75, 3.05) is 10.3 Å². The standard InChI is InChI=1S/C43H36BN3O7/c1-24-14-17-28(18-15-24)45-47-40(50)35-23-34-31(20-21-32-36(34)41(51)46(39(32)49)29-12-7-11-27(22-29)44(53)54)37(43(35,42(47)52)26-9-3-2-4-10-26)33-19-16-25-8-5-6-13-30(25)38(33)48/h2-20,22,32,34-37,45,48,53-54H,21,23H2,1H3. The van der Waals surface area contributed by atoms with Gasteiger partial charge in [-0.15, -0.1) is 0 Å². The van der Waals surface area contributed by atoms with E-state index in [0.717, 1.165) is 26.4 Å². The Morgan fingerprint density at radius 1 is 0.778 bits per heavy atom. The van der Waals surface area contributed by atoms with Crippen molar-refractivity contribution in [1.29, 1.82) is 0 Å². The summed E-state index contributed by atoms with van der Waals surface area (Å²) in [4.78, 5) is 60.2. The normalized spacial score (nSPS) is 26.1. The molecule has 5 aromatic carbocycles. The van der Waals surface area contributed by atoms with Crippen LogP contribution in [0.5, 0.6) is 5.75 Å². The molecule has 4 amide bonds. The summed E-state index contributed by atoms with van der Waals surface area (Å²) in [5.41, 5.74) is 5.28. The molecule has 1 saturated carbocycles. The second-order valence-electron chi connectivity index (χ2n) is 14.8. The van der Waals surface area contributed by atoms with Gasteiger partial charge in [0.2, 0.25) is 11.8 Å². The lowest BCUT2D eigenvalue weighted by molar-refractivity contribution is -0.138. The van der Waals surface area contributed by atoms with Gasteiger partial charge in [0.1, 0.15) is 5.75 Å². The van der Waals surface area contributed by atoms with Crippen LogP contribution in [0.15, 0.2) is 127 Å². The fourth-order valence-electron chi connectivity index (χ4n) is 9.68. The number of phenolic OH excluding ortho intramolecular Hbond substituents is 1. The molecule has 2 heterocycles. The number of nitrogens with zero attached hydrogens (tertiary/aromatic N) is 2. The quantitative estimate of drug-likeness (QED) is 0.112. The first-order valence-electron chi connectivity index (χ1n) is 18.1. The molecular weight excluding hydrogens is 681 g/mol. The third kappa shape index (κ3) is 4.81. The fraction of sp³-hybridized carbons (Fsp3) is 0.209. The summed E-state index contributed by atoms with van der Waals surface area (Å²) in [6, 6.07) is 33.7. The van der Waals surface area contributed by atoms with E-state index in [1.165, 1.54) is 12.1 Å². The number of amides is 4. The van der Waals surface area contributed by atoms with Crippen LogP contribution in [0.2, 0.25) is 0 Å². The number of hydrogen-bond acceptors (Lipinski definition) is 8. The maximum absolute atomic E-state index is 15.4. The molecule has 5 aromatic rings. The van der Waals surface area contributed by atoms with E-state index < -0.39 is 65.8 Å². The molecule has 9 rings (SSSR count). The van der Waals surface area contributed by atoms with Crippen molar-refractivity contribution in [3.05, 3.63) is 144 Å².